The van der Waals surface area contributed by atoms with Gasteiger partial charge in [-0.25, -0.2) is 17.5 Å². The number of nitrogens with one attached hydrogen (secondary N) is 1. The molecule has 0 bridgehead atoms. The van der Waals surface area contributed by atoms with Gasteiger partial charge in [0, 0.05) is 45.6 Å². The third kappa shape index (κ3) is 4.56. The summed E-state index contributed by atoms with van der Waals surface area (Å²) in [6.07, 6.45) is 1.30. The second kappa shape index (κ2) is 7.78. The highest BCUT2D eigenvalue weighted by molar-refractivity contribution is 7.89. The molecular formula is C14H27N3O5S. The van der Waals surface area contributed by atoms with Crippen LogP contribution in [0.3, 0.4) is 0 Å². The molecule has 0 aromatic carbocycles. The molecule has 1 spiro atoms. The van der Waals surface area contributed by atoms with Crippen LogP contribution in [-0.4, -0.2) is 81.1 Å². The molecule has 0 radical (unpaired) electrons. The molecule has 2 aliphatic heterocycles. The van der Waals surface area contributed by atoms with Gasteiger partial charge < -0.3 is 19.7 Å². The fraction of sp³-hybridized carbons (Fsp3) is 0.929. The lowest BCUT2D eigenvalue weighted by molar-refractivity contribution is -0.181. The van der Waals surface area contributed by atoms with Crippen LogP contribution in [0.25, 0.3) is 0 Å². The summed E-state index contributed by atoms with van der Waals surface area (Å²) < 4.78 is 36.7. The number of amides is 2. The van der Waals surface area contributed by atoms with Gasteiger partial charge in [-0.05, 0) is 0 Å². The first-order valence-electron chi connectivity index (χ1n) is 8.21. The van der Waals surface area contributed by atoms with Crippen molar-refractivity contribution in [3.05, 3.63) is 0 Å². The van der Waals surface area contributed by atoms with Crippen LogP contribution < -0.4 is 5.32 Å². The lowest BCUT2D eigenvalue weighted by atomic mass is 10.0. The summed E-state index contributed by atoms with van der Waals surface area (Å²) in [5, 5.41) is 2.69. The lowest BCUT2D eigenvalue weighted by Gasteiger charge is -2.37. The molecule has 0 aliphatic carbocycles. The van der Waals surface area contributed by atoms with E-state index >= 15 is 0 Å². The highest BCUT2D eigenvalue weighted by Gasteiger charge is 2.40. The number of hydrogen-bond acceptors (Lipinski definition) is 5. The minimum absolute atomic E-state index is 0.0789. The van der Waals surface area contributed by atoms with Gasteiger partial charge in [-0.3, -0.25) is 0 Å². The Kier molecular flexibility index (Phi) is 6.24. The van der Waals surface area contributed by atoms with Crippen molar-refractivity contribution in [3.63, 3.8) is 0 Å². The van der Waals surface area contributed by atoms with E-state index in [4.69, 9.17) is 9.47 Å². The molecule has 2 aliphatic rings. The Morgan fingerprint density at radius 2 is 1.74 bits per heavy atom. The van der Waals surface area contributed by atoms with Crippen LogP contribution in [0, 0.1) is 0 Å². The number of ether oxygens (including phenoxy) is 2. The number of urea groups is 1. The van der Waals surface area contributed by atoms with Crippen LogP contribution in [0.4, 0.5) is 4.79 Å². The van der Waals surface area contributed by atoms with E-state index in [1.807, 2.05) is 0 Å². The summed E-state index contributed by atoms with van der Waals surface area (Å²) in [4.78, 5) is 13.8. The van der Waals surface area contributed by atoms with Gasteiger partial charge in [0.1, 0.15) is 0 Å². The molecule has 0 atom stereocenters. The average Bonchev–Trinajstić information content (AvgIpc) is 2.96. The summed E-state index contributed by atoms with van der Waals surface area (Å²) in [6.45, 7) is 6.93. The highest BCUT2D eigenvalue weighted by Crippen LogP contribution is 2.31. The summed E-state index contributed by atoms with van der Waals surface area (Å²) in [5.74, 6) is -0.590. The molecule has 2 heterocycles. The van der Waals surface area contributed by atoms with Gasteiger partial charge in [0.15, 0.2) is 5.79 Å². The highest BCUT2D eigenvalue weighted by atomic mass is 32.2. The van der Waals surface area contributed by atoms with E-state index in [1.54, 1.807) is 18.7 Å². The maximum absolute atomic E-state index is 12.1. The number of carbonyl (C=O) groups excluding carboxylic acids is 1. The lowest BCUT2D eigenvalue weighted by Crippen LogP contribution is -2.51. The van der Waals surface area contributed by atoms with Gasteiger partial charge in [-0.15, -0.1) is 0 Å². The molecule has 2 amide bonds. The Hall–Kier alpha value is -0.900. The molecule has 9 heteroatoms. The predicted octanol–water partition coefficient (Wildman–Crippen LogP) is 0.207. The van der Waals surface area contributed by atoms with E-state index in [-0.39, 0.29) is 18.3 Å². The van der Waals surface area contributed by atoms with Gasteiger partial charge in [0.25, 0.3) is 0 Å². The largest absolute Gasteiger partial charge is 0.347 e. The number of nitrogens with zero attached hydrogens (tertiary/aromatic N) is 2. The topological polar surface area (TPSA) is 88.2 Å². The molecule has 0 saturated carbocycles. The van der Waals surface area contributed by atoms with Gasteiger partial charge in [0.05, 0.1) is 19.0 Å². The molecule has 1 N–H and O–H groups in total. The zero-order chi connectivity index (χ0) is 16.9. The quantitative estimate of drug-likeness (QED) is 0.740. The van der Waals surface area contributed by atoms with Crippen molar-refractivity contribution in [2.24, 2.45) is 0 Å². The monoisotopic (exact) mass is 349 g/mol. The number of sulfonamides is 1. The molecule has 134 valence electrons. The van der Waals surface area contributed by atoms with Crippen molar-refractivity contribution >= 4 is 16.1 Å². The zero-order valence-electron chi connectivity index (χ0n) is 13.9. The molecule has 8 nitrogen and oxygen atoms in total. The third-order valence-corrected chi connectivity index (χ3v) is 6.38. The average molecular weight is 349 g/mol. The molecule has 2 rings (SSSR count). The van der Waals surface area contributed by atoms with E-state index in [0.717, 1.165) is 0 Å². The van der Waals surface area contributed by atoms with Crippen LogP contribution in [0.1, 0.15) is 26.7 Å². The second-order valence-corrected chi connectivity index (χ2v) is 7.82. The Balaban J connectivity index is 1.73. The Morgan fingerprint density at radius 1 is 1.17 bits per heavy atom. The first-order valence-corrected chi connectivity index (χ1v) is 9.82. The summed E-state index contributed by atoms with van der Waals surface area (Å²) >= 11 is 0. The van der Waals surface area contributed by atoms with E-state index in [0.29, 0.717) is 52.2 Å². The first kappa shape index (κ1) is 18.4. The molecular weight excluding hydrogens is 322 g/mol. The second-order valence-electron chi connectivity index (χ2n) is 5.73. The SMILES string of the molecule is CCN(CC)S(=O)(=O)CCNC(=O)N1CCC2(CC1)OCCO2. The van der Waals surface area contributed by atoms with Crippen LogP contribution in [-0.2, 0) is 19.5 Å². The van der Waals surface area contributed by atoms with Crippen molar-refractivity contribution in [1.29, 1.82) is 0 Å². The van der Waals surface area contributed by atoms with E-state index in [2.05, 4.69) is 5.32 Å². The predicted molar refractivity (Wildman–Crippen MR) is 85.5 cm³/mol. The smallest absolute Gasteiger partial charge is 0.317 e. The number of piperidine rings is 1. The van der Waals surface area contributed by atoms with Crippen molar-refractivity contribution in [3.8, 4) is 0 Å². The van der Waals surface area contributed by atoms with Gasteiger partial charge in [0.2, 0.25) is 10.0 Å². The van der Waals surface area contributed by atoms with E-state index < -0.39 is 15.8 Å². The maximum atomic E-state index is 12.1. The minimum Gasteiger partial charge on any atom is -0.347 e. The van der Waals surface area contributed by atoms with Gasteiger partial charge >= 0.3 is 6.03 Å². The van der Waals surface area contributed by atoms with Crippen LogP contribution in [0.15, 0.2) is 0 Å². The summed E-state index contributed by atoms with van der Waals surface area (Å²) in [5.41, 5.74) is 0. The molecule has 0 aromatic rings. The Morgan fingerprint density at radius 3 is 2.26 bits per heavy atom. The standard InChI is InChI=1S/C14H27N3O5S/c1-3-17(4-2)23(19,20)12-7-15-13(18)16-8-5-14(6-9-16)21-10-11-22-14/h3-12H2,1-2H3,(H,15,18). The van der Waals surface area contributed by atoms with Crippen LogP contribution >= 0.6 is 0 Å². The summed E-state index contributed by atoms with van der Waals surface area (Å²) in [7, 11) is -3.31. The number of carbonyl (C=O) groups is 1. The van der Waals surface area contributed by atoms with Crippen LogP contribution in [0.2, 0.25) is 0 Å². The third-order valence-electron chi connectivity index (χ3n) is 4.36. The summed E-state index contributed by atoms with van der Waals surface area (Å²) in [6, 6.07) is -0.229. The first-order chi connectivity index (χ1) is 10.9. The van der Waals surface area contributed by atoms with Crippen LogP contribution in [0.5, 0.6) is 0 Å². The molecule has 0 aromatic heterocycles. The molecule has 2 saturated heterocycles. The van der Waals surface area contributed by atoms with Gasteiger partial charge in [-0.2, -0.15) is 0 Å². The number of hydrogen-bond donors (Lipinski definition) is 1. The van der Waals surface area contributed by atoms with Gasteiger partial charge in [-0.1, -0.05) is 13.8 Å². The minimum atomic E-state index is -3.31. The molecule has 0 unspecified atom stereocenters. The fourth-order valence-corrected chi connectivity index (χ4v) is 4.39. The number of rotatable bonds is 6. The maximum Gasteiger partial charge on any atom is 0.317 e. The van der Waals surface area contributed by atoms with E-state index in [9.17, 15) is 13.2 Å². The normalized spacial score (nSPS) is 21.1. The van der Waals surface area contributed by atoms with Crippen molar-refractivity contribution in [1.82, 2.24) is 14.5 Å². The zero-order valence-corrected chi connectivity index (χ0v) is 14.7. The Bertz CT molecular complexity index is 491. The van der Waals surface area contributed by atoms with Crippen molar-refractivity contribution < 1.29 is 22.7 Å². The molecule has 23 heavy (non-hydrogen) atoms. The number of likely N-dealkylation sites (tertiary alicyclic amines) is 1. The van der Waals surface area contributed by atoms with Crippen molar-refractivity contribution in [2.75, 3.05) is 51.7 Å². The van der Waals surface area contributed by atoms with Crippen molar-refractivity contribution in [2.45, 2.75) is 32.5 Å². The molecule has 2 fully saturated rings. The van der Waals surface area contributed by atoms with E-state index in [1.165, 1.54) is 4.31 Å². The Labute approximate surface area is 138 Å². The fourth-order valence-electron chi connectivity index (χ4n) is 2.98.